The fraction of sp³-hybridized carbons (Fsp3) is 0.696. The van der Waals surface area contributed by atoms with Gasteiger partial charge in [0.25, 0.3) is 0 Å². The minimum absolute atomic E-state index is 0.360. The number of amides is 1. The van der Waals surface area contributed by atoms with Crippen LogP contribution in [0.4, 0.5) is 5.69 Å². The summed E-state index contributed by atoms with van der Waals surface area (Å²) in [6.07, 6.45) is 6.73. The maximum Gasteiger partial charge on any atom is 0.236 e. The number of benzene rings is 1. The van der Waals surface area contributed by atoms with Gasteiger partial charge in [-0.25, -0.2) is 0 Å². The first kappa shape index (κ1) is 18.8. The molecule has 2 saturated heterocycles. The summed E-state index contributed by atoms with van der Waals surface area (Å²) in [7, 11) is 0. The van der Waals surface area contributed by atoms with Gasteiger partial charge in [0.2, 0.25) is 5.91 Å². The van der Waals surface area contributed by atoms with E-state index in [1.54, 1.807) is 0 Å². The summed E-state index contributed by atoms with van der Waals surface area (Å²) in [6, 6.07) is 6.57. The molecule has 3 fully saturated rings. The number of aryl methyl sites for hydroxylation is 1. The fourth-order valence-corrected chi connectivity index (χ4v) is 5.34. The highest BCUT2D eigenvalue weighted by atomic mass is 16.2. The van der Waals surface area contributed by atoms with E-state index in [0.29, 0.717) is 12.5 Å². The van der Waals surface area contributed by atoms with Crippen molar-refractivity contribution in [1.82, 2.24) is 9.80 Å². The van der Waals surface area contributed by atoms with Crippen LogP contribution in [-0.4, -0.2) is 61.5 Å². The summed E-state index contributed by atoms with van der Waals surface area (Å²) in [4.78, 5) is 19.9. The van der Waals surface area contributed by atoms with Crippen molar-refractivity contribution in [3.63, 3.8) is 0 Å². The minimum Gasteiger partial charge on any atom is -0.369 e. The zero-order valence-corrected chi connectivity index (χ0v) is 17.1. The second-order valence-electron chi connectivity index (χ2n) is 8.92. The maximum atomic E-state index is 12.9. The molecule has 2 atom stereocenters. The summed E-state index contributed by atoms with van der Waals surface area (Å²) in [5.74, 6) is 2.03. The highest BCUT2D eigenvalue weighted by molar-refractivity contribution is 5.78. The second kappa shape index (κ2) is 8.22. The van der Waals surface area contributed by atoms with Crippen molar-refractivity contribution < 1.29 is 4.79 Å². The third-order valence-corrected chi connectivity index (χ3v) is 7.29. The SMILES string of the molecule is Cc1cccc(N2CCN(CC(=O)N3CC[C@H]4CCCC[C@@H]4C3)CC2)c1C. The Morgan fingerprint density at radius 2 is 1.70 bits per heavy atom. The Morgan fingerprint density at radius 1 is 0.963 bits per heavy atom. The average Bonchev–Trinajstić information content (AvgIpc) is 2.70. The predicted octanol–water partition coefficient (Wildman–Crippen LogP) is 3.46. The molecular formula is C23H35N3O. The molecule has 0 unspecified atom stereocenters. The van der Waals surface area contributed by atoms with E-state index in [1.165, 1.54) is 48.9 Å². The lowest BCUT2D eigenvalue weighted by atomic mass is 9.75. The van der Waals surface area contributed by atoms with Crippen molar-refractivity contribution >= 4 is 11.6 Å². The smallest absolute Gasteiger partial charge is 0.236 e. The van der Waals surface area contributed by atoms with Gasteiger partial charge in [0, 0.05) is 45.0 Å². The van der Waals surface area contributed by atoms with Crippen molar-refractivity contribution in [2.45, 2.75) is 46.0 Å². The Bertz CT molecular complexity index is 666. The molecule has 1 aromatic rings. The topological polar surface area (TPSA) is 26.8 Å². The van der Waals surface area contributed by atoms with Gasteiger partial charge >= 0.3 is 0 Å². The first-order valence-electron chi connectivity index (χ1n) is 10.9. The van der Waals surface area contributed by atoms with Gasteiger partial charge in [-0.1, -0.05) is 31.4 Å². The zero-order valence-electron chi connectivity index (χ0n) is 17.1. The van der Waals surface area contributed by atoms with E-state index in [-0.39, 0.29) is 0 Å². The molecule has 148 valence electrons. The Morgan fingerprint density at radius 3 is 2.48 bits per heavy atom. The number of fused-ring (bicyclic) bond motifs is 1. The Labute approximate surface area is 164 Å². The van der Waals surface area contributed by atoms with E-state index in [0.717, 1.165) is 51.1 Å². The molecule has 1 aliphatic carbocycles. The van der Waals surface area contributed by atoms with Crippen molar-refractivity contribution in [2.24, 2.45) is 11.8 Å². The van der Waals surface area contributed by atoms with Gasteiger partial charge in [-0.15, -0.1) is 0 Å². The van der Waals surface area contributed by atoms with Crippen LogP contribution in [-0.2, 0) is 4.79 Å². The van der Waals surface area contributed by atoms with Crippen LogP contribution in [0, 0.1) is 25.7 Å². The van der Waals surface area contributed by atoms with Gasteiger partial charge in [0.1, 0.15) is 0 Å². The molecule has 2 aliphatic heterocycles. The van der Waals surface area contributed by atoms with Crippen LogP contribution < -0.4 is 4.90 Å². The molecule has 27 heavy (non-hydrogen) atoms. The molecule has 1 amide bonds. The zero-order chi connectivity index (χ0) is 18.8. The number of carbonyl (C=O) groups excluding carboxylic acids is 1. The molecule has 0 radical (unpaired) electrons. The van der Waals surface area contributed by atoms with E-state index in [9.17, 15) is 4.79 Å². The predicted molar refractivity (Wildman–Crippen MR) is 111 cm³/mol. The number of hydrogen-bond acceptors (Lipinski definition) is 3. The van der Waals surface area contributed by atoms with Gasteiger partial charge in [0.15, 0.2) is 0 Å². The third-order valence-electron chi connectivity index (χ3n) is 7.29. The largest absolute Gasteiger partial charge is 0.369 e. The molecule has 0 bridgehead atoms. The number of piperazine rings is 1. The summed E-state index contributed by atoms with van der Waals surface area (Å²) < 4.78 is 0. The van der Waals surface area contributed by atoms with Crippen LogP contribution in [0.2, 0.25) is 0 Å². The van der Waals surface area contributed by atoms with E-state index in [2.05, 4.69) is 46.7 Å². The number of hydrogen-bond donors (Lipinski definition) is 0. The molecule has 3 aliphatic rings. The monoisotopic (exact) mass is 369 g/mol. The molecule has 4 heteroatoms. The first-order chi connectivity index (χ1) is 13.1. The number of carbonyl (C=O) groups is 1. The van der Waals surface area contributed by atoms with E-state index in [4.69, 9.17) is 0 Å². The quantitative estimate of drug-likeness (QED) is 0.816. The lowest BCUT2D eigenvalue weighted by Gasteiger charge is -2.42. The van der Waals surface area contributed by atoms with Crippen molar-refractivity contribution in [3.05, 3.63) is 29.3 Å². The summed E-state index contributed by atoms with van der Waals surface area (Å²) >= 11 is 0. The van der Waals surface area contributed by atoms with Crippen LogP contribution in [0.15, 0.2) is 18.2 Å². The van der Waals surface area contributed by atoms with Crippen LogP contribution in [0.3, 0.4) is 0 Å². The maximum absolute atomic E-state index is 12.9. The Balaban J connectivity index is 1.28. The summed E-state index contributed by atoms with van der Waals surface area (Å²) in [5.41, 5.74) is 4.11. The standard InChI is InChI=1S/C23H35N3O/c1-18-6-5-9-22(19(18)2)25-14-12-24(13-15-25)17-23(27)26-11-10-20-7-3-4-8-21(20)16-26/h5-6,9,20-21H,3-4,7-8,10-17H2,1-2H3/t20-,21-/m1/s1. The molecule has 4 nitrogen and oxygen atoms in total. The van der Waals surface area contributed by atoms with E-state index in [1.807, 2.05) is 0 Å². The van der Waals surface area contributed by atoms with Crippen LogP contribution >= 0.6 is 0 Å². The van der Waals surface area contributed by atoms with Crippen molar-refractivity contribution in [1.29, 1.82) is 0 Å². The fourth-order valence-electron chi connectivity index (χ4n) is 5.34. The molecule has 1 saturated carbocycles. The highest BCUT2D eigenvalue weighted by Gasteiger charge is 2.33. The van der Waals surface area contributed by atoms with Crippen LogP contribution in [0.1, 0.15) is 43.2 Å². The normalized spacial score (nSPS) is 26.7. The Kier molecular flexibility index (Phi) is 5.72. The van der Waals surface area contributed by atoms with Crippen molar-refractivity contribution in [3.8, 4) is 0 Å². The lowest BCUT2D eigenvalue weighted by Crippen LogP contribution is -2.52. The van der Waals surface area contributed by atoms with Gasteiger partial charge in [-0.2, -0.15) is 0 Å². The average molecular weight is 370 g/mol. The van der Waals surface area contributed by atoms with Gasteiger partial charge in [-0.05, 0) is 55.7 Å². The number of anilines is 1. The lowest BCUT2D eigenvalue weighted by molar-refractivity contribution is -0.135. The number of likely N-dealkylation sites (tertiary alicyclic amines) is 1. The first-order valence-corrected chi connectivity index (χ1v) is 10.9. The van der Waals surface area contributed by atoms with Gasteiger partial charge in [0.05, 0.1) is 6.54 Å². The van der Waals surface area contributed by atoms with Gasteiger partial charge in [-0.3, -0.25) is 9.69 Å². The Hall–Kier alpha value is -1.55. The molecular weight excluding hydrogens is 334 g/mol. The molecule has 4 rings (SSSR count). The number of nitrogens with zero attached hydrogens (tertiary/aromatic N) is 3. The van der Waals surface area contributed by atoms with E-state index < -0.39 is 0 Å². The molecule has 0 N–H and O–H groups in total. The molecule has 1 aromatic carbocycles. The summed E-state index contributed by atoms with van der Waals surface area (Å²) in [5, 5.41) is 0. The van der Waals surface area contributed by atoms with Crippen LogP contribution in [0.25, 0.3) is 0 Å². The molecule has 2 heterocycles. The van der Waals surface area contributed by atoms with Crippen LogP contribution in [0.5, 0.6) is 0 Å². The van der Waals surface area contributed by atoms with Crippen molar-refractivity contribution in [2.75, 3.05) is 50.7 Å². The number of piperidine rings is 1. The number of rotatable bonds is 3. The third kappa shape index (κ3) is 4.16. The minimum atomic E-state index is 0.360. The summed E-state index contributed by atoms with van der Waals surface area (Å²) in [6.45, 7) is 11.0. The molecule has 0 aromatic heterocycles. The highest BCUT2D eigenvalue weighted by Crippen LogP contribution is 2.36. The van der Waals surface area contributed by atoms with E-state index >= 15 is 0 Å². The second-order valence-corrected chi connectivity index (χ2v) is 8.92. The molecule has 0 spiro atoms. The van der Waals surface area contributed by atoms with Gasteiger partial charge < -0.3 is 9.80 Å².